The quantitative estimate of drug-likeness (QED) is 0.654. The summed E-state index contributed by atoms with van der Waals surface area (Å²) in [7, 11) is 1.55. The van der Waals surface area contributed by atoms with E-state index >= 15 is 0 Å². The summed E-state index contributed by atoms with van der Waals surface area (Å²) >= 11 is 0. The molecule has 0 spiro atoms. The largest absolute Gasteiger partial charge is 0.497 e. The average Bonchev–Trinajstić information content (AvgIpc) is 2.54. The first-order chi connectivity index (χ1) is 10.1. The van der Waals surface area contributed by atoms with Gasteiger partial charge in [-0.25, -0.2) is 0 Å². The number of ketones is 2. The number of Topliss-reactive ketones (excluding diaryl/α,β-unsaturated/α-hetero) is 2. The van der Waals surface area contributed by atoms with E-state index in [0.29, 0.717) is 22.4 Å². The van der Waals surface area contributed by atoms with Crippen LogP contribution in [0.1, 0.15) is 32.7 Å². The van der Waals surface area contributed by atoms with Crippen LogP contribution in [0, 0.1) is 0 Å². The van der Waals surface area contributed by atoms with Crippen molar-refractivity contribution in [2.45, 2.75) is 13.0 Å². The van der Waals surface area contributed by atoms with Gasteiger partial charge in [-0.05, 0) is 35.9 Å². The molecular weight excluding hydrogens is 268 g/mol. The number of rotatable bonds is 6. The van der Waals surface area contributed by atoms with E-state index < -0.39 is 0 Å². The third-order valence-corrected chi connectivity index (χ3v) is 3.16. The van der Waals surface area contributed by atoms with Crippen molar-refractivity contribution in [1.82, 2.24) is 0 Å². The molecular formula is C17H16O4. The van der Waals surface area contributed by atoms with Crippen molar-refractivity contribution in [3.8, 4) is 5.75 Å². The first kappa shape index (κ1) is 14.9. The number of aliphatic hydroxyl groups is 1. The van der Waals surface area contributed by atoms with Crippen LogP contribution in [0.2, 0.25) is 0 Å². The molecule has 0 amide bonds. The van der Waals surface area contributed by atoms with Crippen molar-refractivity contribution in [2.24, 2.45) is 0 Å². The fourth-order valence-corrected chi connectivity index (χ4v) is 1.97. The van der Waals surface area contributed by atoms with E-state index in [1.165, 1.54) is 0 Å². The van der Waals surface area contributed by atoms with Crippen LogP contribution in [-0.2, 0) is 6.61 Å². The molecule has 21 heavy (non-hydrogen) atoms. The number of carbonyl (C=O) groups is 2. The van der Waals surface area contributed by atoms with Gasteiger partial charge in [0.05, 0.1) is 20.1 Å². The van der Waals surface area contributed by atoms with Crippen molar-refractivity contribution in [3.63, 3.8) is 0 Å². The van der Waals surface area contributed by atoms with Crippen molar-refractivity contribution in [1.29, 1.82) is 0 Å². The molecule has 0 aliphatic carbocycles. The van der Waals surface area contributed by atoms with Gasteiger partial charge in [-0.2, -0.15) is 0 Å². The number of methoxy groups -OCH3 is 1. The lowest BCUT2D eigenvalue weighted by atomic mass is 10.0. The van der Waals surface area contributed by atoms with Gasteiger partial charge < -0.3 is 9.84 Å². The molecule has 0 fully saturated rings. The topological polar surface area (TPSA) is 63.6 Å². The highest BCUT2D eigenvalue weighted by Crippen LogP contribution is 2.15. The minimum atomic E-state index is -0.258. The van der Waals surface area contributed by atoms with E-state index in [1.54, 1.807) is 55.6 Å². The second-order valence-electron chi connectivity index (χ2n) is 4.61. The van der Waals surface area contributed by atoms with Crippen molar-refractivity contribution in [2.75, 3.05) is 7.11 Å². The van der Waals surface area contributed by atoms with Crippen LogP contribution in [0.15, 0.2) is 48.5 Å². The second kappa shape index (κ2) is 6.81. The summed E-state index contributed by atoms with van der Waals surface area (Å²) in [5, 5.41) is 9.06. The van der Waals surface area contributed by atoms with Crippen molar-refractivity contribution in [3.05, 3.63) is 65.2 Å². The summed E-state index contributed by atoms with van der Waals surface area (Å²) in [6, 6.07) is 13.3. The smallest absolute Gasteiger partial charge is 0.170 e. The Morgan fingerprint density at radius 2 is 1.67 bits per heavy atom. The summed E-state index contributed by atoms with van der Waals surface area (Å²) < 4.78 is 5.02. The Balaban J connectivity index is 2.08. The van der Waals surface area contributed by atoms with E-state index in [0.717, 1.165) is 0 Å². The van der Waals surface area contributed by atoms with Crippen LogP contribution in [0.5, 0.6) is 5.75 Å². The van der Waals surface area contributed by atoms with Gasteiger partial charge in [0.25, 0.3) is 0 Å². The molecule has 0 aromatic heterocycles. The van der Waals surface area contributed by atoms with E-state index in [1.807, 2.05) is 0 Å². The molecule has 4 nitrogen and oxygen atoms in total. The van der Waals surface area contributed by atoms with Crippen LogP contribution >= 0.6 is 0 Å². The van der Waals surface area contributed by atoms with Crippen LogP contribution in [-0.4, -0.2) is 23.8 Å². The zero-order valence-corrected chi connectivity index (χ0v) is 11.7. The van der Waals surface area contributed by atoms with Gasteiger partial charge in [0.2, 0.25) is 0 Å². The number of aliphatic hydroxyl groups excluding tert-OH is 1. The molecule has 2 aromatic rings. The van der Waals surface area contributed by atoms with Gasteiger partial charge in [-0.3, -0.25) is 9.59 Å². The Morgan fingerprint density at radius 3 is 2.29 bits per heavy atom. The molecule has 2 aromatic carbocycles. The Kier molecular flexibility index (Phi) is 4.85. The van der Waals surface area contributed by atoms with Gasteiger partial charge in [0.15, 0.2) is 11.6 Å². The predicted molar refractivity (Wildman–Crippen MR) is 78.6 cm³/mol. The van der Waals surface area contributed by atoms with E-state index in [9.17, 15) is 9.59 Å². The highest BCUT2D eigenvalue weighted by Gasteiger charge is 2.14. The standard InChI is InChI=1S/C17H16O4/c1-21-15-7-5-13(6-8-15)16(19)10-17(20)14-4-2-3-12(9-14)11-18/h2-9,18H,10-11H2,1H3. The van der Waals surface area contributed by atoms with Gasteiger partial charge in [0, 0.05) is 11.1 Å². The van der Waals surface area contributed by atoms with Crippen LogP contribution in [0.4, 0.5) is 0 Å². The van der Waals surface area contributed by atoms with Gasteiger partial charge >= 0.3 is 0 Å². The molecule has 1 N–H and O–H groups in total. The van der Waals surface area contributed by atoms with Crippen molar-refractivity contribution < 1.29 is 19.4 Å². The third-order valence-electron chi connectivity index (χ3n) is 3.16. The summed E-state index contributed by atoms with van der Waals surface area (Å²) in [4.78, 5) is 24.2. The molecule has 0 atom stereocenters. The maximum absolute atomic E-state index is 12.1. The Morgan fingerprint density at radius 1 is 1.00 bits per heavy atom. The van der Waals surface area contributed by atoms with Crippen LogP contribution < -0.4 is 4.74 Å². The molecule has 0 aliphatic rings. The minimum Gasteiger partial charge on any atom is -0.497 e. The van der Waals surface area contributed by atoms with Crippen LogP contribution in [0.25, 0.3) is 0 Å². The highest BCUT2D eigenvalue weighted by atomic mass is 16.5. The molecule has 2 rings (SSSR count). The van der Waals surface area contributed by atoms with E-state index in [-0.39, 0.29) is 24.6 Å². The Labute approximate surface area is 123 Å². The molecule has 0 heterocycles. The lowest BCUT2D eigenvalue weighted by molar-refractivity contribution is 0.0894. The lowest BCUT2D eigenvalue weighted by Crippen LogP contribution is -2.09. The molecule has 4 heteroatoms. The third kappa shape index (κ3) is 3.77. The van der Waals surface area contributed by atoms with E-state index in [4.69, 9.17) is 9.84 Å². The lowest BCUT2D eigenvalue weighted by Gasteiger charge is -2.04. The summed E-state index contributed by atoms with van der Waals surface area (Å²) in [6.07, 6.45) is -0.193. The molecule has 0 radical (unpaired) electrons. The Hall–Kier alpha value is -2.46. The predicted octanol–water partition coefficient (Wildman–Crippen LogP) is 2.64. The van der Waals surface area contributed by atoms with Crippen LogP contribution in [0.3, 0.4) is 0 Å². The molecule has 0 bridgehead atoms. The number of hydrogen-bond donors (Lipinski definition) is 1. The fourth-order valence-electron chi connectivity index (χ4n) is 1.97. The molecule has 0 saturated heterocycles. The van der Waals surface area contributed by atoms with Gasteiger partial charge in [-0.1, -0.05) is 18.2 Å². The Bertz CT molecular complexity index is 644. The molecule has 0 aliphatic heterocycles. The molecule has 108 valence electrons. The summed E-state index contributed by atoms with van der Waals surface area (Å²) in [5.74, 6) is 0.164. The highest BCUT2D eigenvalue weighted by molar-refractivity contribution is 6.13. The number of hydrogen-bond acceptors (Lipinski definition) is 4. The van der Waals surface area contributed by atoms with Gasteiger partial charge in [-0.15, -0.1) is 0 Å². The minimum absolute atomic E-state index is 0.131. The monoisotopic (exact) mass is 284 g/mol. The summed E-state index contributed by atoms with van der Waals surface area (Å²) in [6.45, 7) is -0.131. The normalized spacial score (nSPS) is 10.2. The fraction of sp³-hybridized carbons (Fsp3) is 0.176. The maximum Gasteiger partial charge on any atom is 0.170 e. The SMILES string of the molecule is COc1ccc(C(=O)CC(=O)c2cccc(CO)c2)cc1. The number of ether oxygens (including phenoxy) is 1. The average molecular weight is 284 g/mol. The first-order valence-corrected chi connectivity index (χ1v) is 6.54. The molecule has 0 saturated carbocycles. The zero-order valence-electron chi connectivity index (χ0n) is 11.7. The molecule has 0 unspecified atom stereocenters. The first-order valence-electron chi connectivity index (χ1n) is 6.54. The second-order valence-corrected chi connectivity index (χ2v) is 4.61. The van der Waals surface area contributed by atoms with Gasteiger partial charge in [0.1, 0.15) is 5.75 Å². The van der Waals surface area contributed by atoms with E-state index in [2.05, 4.69) is 0 Å². The van der Waals surface area contributed by atoms with Crippen molar-refractivity contribution >= 4 is 11.6 Å². The number of carbonyl (C=O) groups excluding carboxylic acids is 2. The maximum atomic E-state index is 12.1. The zero-order chi connectivity index (χ0) is 15.2. The summed E-state index contributed by atoms with van der Waals surface area (Å²) in [5.41, 5.74) is 1.56. The number of benzene rings is 2.